The van der Waals surface area contributed by atoms with Crippen LogP contribution in [-0.4, -0.2) is 23.9 Å². The molecule has 2 heterocycles. The van der Waals surface area contributed by atoms with Gasteiger partial charge in [-0.15, -0.1) is 0 Å². The van der Waals surface area contributed by atoms with Crippen LogP contribution in [-0.2, 0) is 0 Å². The van der Waals surface area contributed by atoms with Crippen LogP contribution in [0.1, 0.15) is 50.9 Å². The van der Waals surface area contributed by atoms with Gasteiger partial charge in [0.05, 0.1) is 5.56 Å². The molecule has 0 bridgehead atoms. The van der Waals surface area contributed by atoms with E-state index in [2.05, 4.69) is 30.7 Å². The predicted octanol–water partition coefficient (Wildman–Crippen LogP) is 3.55. The summed E-state index contributed by atoms with van der Waals surface area (Å²) in [5, 5.41) is 0. The summed E-state index contributed by atoms with van der Waals surface area (Å²) in [5.41, 5.74) is 1.12. The monoisotopic (exact) mass is 260 g/mol. The Labute approximate surface area is 116 Å². The molecule has 1 saturated heterocycles. The van der Waals surface area contributed by atoms with Crippen LogP contribution in [0.5, 0.6) is 0 Å². The van der Waals surface area contributed by atoms with Crippen LogP contribution in [0.4, 0.5) is 5.82 Å². The lowest BCUT2D eigenvalue weighted by Gasteiger charge is -2.39. The molecule has 3 nitrogen and oxygen atoms in total. The van der Waals surface area contributed by atoms with Crippen molar-refractivity contribution in [3.8, 4) is 0 Å². The minimum absolute atomic E-state index is 0.0982. The smallest absolute Gasteiger partial charge is 0.163 e. The molecule has 1 aromatic rings. The third-order valence-corrected chi connectivity index (χ3v) is 4.19. The van der Waals surface area contributed by atoms with Gasteiger partial charge in [0, 0.05) is 19.3 Å². The van der Waals surface area contributed by atoms with Crippen LogP contribution >= 0.6 is 0 Å². The lowest BCUT2D eigenvalue weighted by molar-refractivity contribution is 0.101. The summed E-state index contributed by atoms with van der Waals surface area (Å²) < 4.78 is 0. The van der Waals surface area contributed by atoms with Gasteiger partial charge < -0.3 is 4.90 Å². The van der Waals surface area contributed by atoms with E-state index >= 15 is 0 Å². The number of Topliss-reactive ketones (excluding diaryl/α,β-unsaturated/α-hetero) is 1. The summed E-state index contributed by atoms with van der Waals surface area (Å²) in [5.74, 6) is 1.72. The lowest BCUT2D eigenvalue weighted by atomic mass is 9.75. The van der Waals surface area contributed by atoms with Gasteiger partial charge in [0.1, 0.15) is 5.82 Å². The number of carbonyl (C=O) groups is 1. The molecule has 0 saturated carbocycles. The third-order valence-electron chi connectivity index (χ3n) is 4.19. The molecule has 0 radical (unpaired) electrons. The minimum atomic E-state index is 0.0982. The van der Waals surface area contributed by atoms with Gasteiger partial charge in [0.2, 0.25) is 0 Å². The van der Waals surface area contributed by atoms with E-state index < -0.39 is 0 Å². The van der Waals surface area contributed by atoms with Gasteiger partial charge >= 0.3 is 0 Å². The second-order valence-corrected chi connectivity index (χ2v) is 6.56. The topological polar surface area (TPSA) is 33.2 Å². The molecule has 2 rings (SSSR count). The van der Waals surface area contributed by atoms with Gasteiger partial charge in [-0.3, -0.25) is 4.79 Å². The molecule has 1 aliphatic rings. The standard InChI is InChI=1S/C16H24N2O/c1-12(19)14-6-5-9-17-15(14)18-10-7-13(8-11-18)16(2,3)4/h5-6,9,13H,7-8,10-11H2,1-4H3. The molecule has 0 aliphatic carbocycles. The van der Waals surface area contributed by atoms with Crippen molar-refractivity contribution in [1.29, 1.82) is 0 Å². The maximum atomic E-state index is 11.7. The van der Waals surface area contributed by atoms with Crippen LogP contribution < -0.4 is 4.90 Å². The Bertz CT molecular complexity index is 454. The zero-order valence-electron chi connectivity index (χ0n) is 12.4. The van der Waals surface area contributed by atoms with E-state index in [9.17, 15) is 4.79 Å². The Morgan fingerprint density at radius 1 is 1.32 bits per heavy atom. The normalized spacial score (nSPS) is 17.6. The minimum Gasteiger partial charge on any atom is -0.356 e. The largest absolute Gasteiger partial charge is 0.356 e. The highest BCUT2D eigenvalue weighted by Crippen LogP contribution is 2.35. The molecular formula is C16H24N2O. The second kappa shape index (κ2) is 5.32. The van der Waals surface area contributed by atoms with Crippen molar-refractivity contribution < 1.29 is 4.79 Å². The molecule has 0 unspecified atom stereocenters. The highest BCUT2D eigenvalue weighted by atomic mass is 16.1. The number of ketones is 1. The maximum Gasteiger partial charge on any atom is 0.163 e. The molecule has 0 N–H and O–H groups in total. The lowest BCUT2D eigenvalue weighted by Crippen LogP contribution is -2.39. The van der Waals surface area contributed by atoms with Crippen molar-refractivity contribution in [2.24, 2.45) is 11.3 Å². The number of hydrogen-bond donors (Lipinski definition) is 0. The average Bonchev–Trinajstić information content (AvgIpc) is 2.38. The number of anilines is 1. The van der Waals surface area contributed by atoms with Crippen molar-refractivity contribution in [3.63, 3.8) is 0 Å². The number of aromatic nitrogens is 1. The molecule has 1 aromatic heterocycles. The fourth-order valence-corrected chi connectivity index (χ4v) is 2.88. The summed E-state index contributed by atoms with van der Waals surface area (Å²) in [6.45, 7) is 10.6. The summed E-state index contributed by atoms with van der Waals surface area (Å²) >= 11 is 0. The number of carbonyl (C=O) groups excluding carboxylic acids is 1. The van der Waals surface area contributed by atoms with E-state index in [-0.39, 0.29) is 5.78 Å². The number of rotatable bonds is 2. The quantitative estimate of drug-likeness (QED) is 0.762. The number of nitrogens with zero attached hydrogens (tertiary/aromatic N) is 2. The van der Waals surface area contributed by atoms with Crippen LogP contribution in [0, 0.1) is 11.3 Å². The molecule has 0 spiro atoms. The first-order chi connectivity index (χ1) is 8.89. The molecule has 0 amide bonds. The molecule has 0 atom stereocenters. The van der Waals surface area contributed by atoms with Crippen molar-refractivity contribution in [3.05, 3.63) is 23.9 Å². The van der Waals surface area contributed by atoms with Gasteiger partial charge in [-0.2, -0.15) is 0 Å². The van der Waals surface area contributed by atoms with E-state index in [1.165, 1.54) is 12.8 Å². The van der Waals surface area contributed by atoms with Crippen molar-refractivity contribution in [2.75, 3.05) is 18.0 Å². The SMILES string of the molecule is CC(=O)c1cccnc1N1CCC(C(C)(C)C)CC1. The molecule has 3 heteroatoms. The van der Waals surface area contributed by atoms with E-state index in [0.717, 1.165) is 30.4 Å². The zero-order chi connectivity index (χ0) is 14.0. The molecule has 19 heavy (non-hydrogen) atoms. The Morgan fingerprint density at radius 2 is 1.95 bits per heavy atom. The number of pyridine rings is 1. The van der Waals surface area contributed by atoms with Crippen LogP contribution in [0.3, 0.4) is 0 Å². The molecule has 1 fully saturated rings. The number of hydrogen-bond acceptors (Lipinski definition) is 3. The Kier molecular flexibility index (Phi) is 3.93. The molecule has 0 aromatic carbocycles. The van der Waals surface area contributed by atoms with E-state index in [0.29, 0.717) is 5.41 Å². The summed E-state index contributed by atoms with van der Waals surface area (Å²) in [6.07, 6.45) is 4.13. The first-order valence-electron chi connectivity index (χ1n) is 7.10. The van der Waals surface area contributed by atoms with Gasteiger partial charge in [0.25, 0.3) is 0 Å². The first-order valence-corrected chi connectivity index (χ1v) is 7.10. The first kappa shape index (κ1) is 14.0. The molecule has 104 valence electrons. The highest BCUT2D eigenvalue weighted by Gasteiger charge is 2.29. The van der Waals surface area contributed by atoms with E-state index in [1.54, 1.807) is 13.1 Å². The Balaban J connectivity index is 2.12. The fraction of sp³-hybridized carbons (Fsp3) is 0.625. The van der Waals surface area contributed by atoms with Crippen LogP contribution in [0.25, 0.3) is 0 Å². The Morgan fingerprint density at radius 3 is 2.47 bits per heavy atom. The van der Waals surface area contributed by atoms with Gasteiger partial charge in [-0.05, 0) is 43.2 Å². The van der Waals surface area contributed by atoms with E-state index in [1.807, 2.05) is 12.1 Å². The molecular weight excluding hydrogens is 236 g/mol. The third kappa shape index (κ3) is 3.14. The van der Waals surface area contributed by atoms with Crippen molar-refractivity contribution in [1.82, 2.24) is 4.98 Å². The second-order valence-electron chi connectivity index (χ2n) is 6.56. The van der Waals surface area contributed by atoms with Gasteiger partial charge in [-0.25, -0.2) is 4.98 Å². The predicted molar refractivity (Wildman–Crippen MR) is 78.6 cm³/mol. The van der Waals surface area contributed by atoms with Gasteiger partial charge in [-0.1, -0.05) is 20.8 Å². The van der Waals surface area contributed by atoms with Crippen molar-refractivity contribution >= 4 is 11.6 Å². The molecule has 1 aliphatic heterocycles. The van der Waals surface area contributed by atoms with Crippen LogP contribution in [0.15, 0.2) is 18.3 Å². The summed E-state index contributed by atoms with van der Waals surface area (Å²) in [6, 6.07) is 3.71. The fourth-order valence-electron chi connectivity index (χ4n) is 2.88. The average molecular weight is 260 g/mol. The summed E-state index contributed by atoms with van der Waals surface area (Å²) in [4.78, 5) is 18.3. The van der Waals surface area contributed by atoms with Crippen molar-refractivity contribution in [2.45, 2.75) is 40.5 Å². The van der Waals surface area contributed by atoms with Gasteiger partial charge in [0.15, 0.2) is 5.78 Å². The maximum absolute atomic E-state index is 11.7. The van der Waals surface area contributed by atoms with Crippen LogP contribution in [0.2, 0.25) is 0 Å². The number of piperidine rings is 1. The zero-order valence-corrected chi connectivity index (χ0v) is 12.4. The highest BCUT2D eigenvalue weighted by molar-refractivity contribution is 5.98. The van der Waals surface area contributed by atoms with E-state index in [4.69, 9.17) is 0 Å². The Hall–Kier alpha value is -1.38. The summed E-state index contributed by atoms with van der Waals surface area (Å²) in [7, 11) is 0.